The van der Waals surface area contributed by atoms with Gasteiger partial charge < -0.3 is 14.0 Å². The number of methoxy groups -OCH3 is 1. The molecule has 1 aromatic rings. The smallest absolute Gasteiger partial charge is 0.318 e. The molecule has 0 amide bonds. The van der Waals surface area contributed by atoms with Crippen molar-refractivity contribution in [2.24, 2.45) is 0 Å². The first-order chi connectivity index (χ1) is 8.22. The fourth-order valence-electron chi connectivity index (χ4n) is 1.47. The number of aromatic nitrogens is 2. The summed E-state index contributed by atoms with van der Waals surface area (Å²) in [6.07, 6.45) is 1.47. The predicted octanol–water partition coefficient (Wildman–Crippen LogP) is 1.66. The Bertz CT molecular complexity index is 351. The van der Waals surface area contributed by atoms with Crippen molar-refractivity contribution in [2.45, 2.75) is 39.2 Å². The van der Waals surface area contributed by atoms with Crippen LogP contribution in [0.15, 0.2) is 4.52 Å². The van der Waals surface area contributed by atoms with Crippen molar-refractivity contribution < 1.29 is 18.8 Å². The van der Waals surface area contributed by atoms with E-state index in [9.17, 15) is 4.79 Å². The molecule has 96 valence electrons. The summed E-state index contributed by atoms with van der Waals surface area (Å²) in [7, 11) is 1.55. The number of ether oxygens (including phenoxy) is 2. The Morgan fingerprint density at radius 1 is 1.47 bits per heavy atom. The minimum absolute atomic E-state index is 0.269. The first-order valence-corrected chi connectivity index (χ1v) is 5.70. The van der Waals surface area contributed by atoms with E-state index in [1.165, 1.54) is 0 Å². The Hall–Kier alpha value is -1.43. The van der Waals surface area contributed by atoms with Gasteiger partial charge in [-0.1, -0.05) is 18.5 Å². The summed E-state index contributed by atoms with van der Waals surface area (Å²) in [6.45, 7) is 4.37. The predicted molar refractivity (Wildman–Crippen MR) is 59.3 cm³/mol. The summed E-state index contributed by atoms with van der Waals surface area (Å²) in [5.74, 6) is -0.0507. The van der Waals surface area contributed by atoms with Gasteiger partial charge in [0, 0.05) is 7.11 Å². The van der Waals surface area contributed by atoms with E-state index in [2.05, 4.69) is 10.1 Å². The summed E-state index contributed by atoms with van der Waals surface area (Å²) in [5, 5.41) is 3.73. The molecule has 1 heterocycles. The van der Waals surface area contributed by atoms with E-state index in [0.29, 0.717) is 24.7 Å². The SMILES string of the molecule is CCCC(C(=O)OCC)c1nc(COC)no1. The molecule has 0 radical (unpaired) electrons. The summed E-state index contributed by atoms with van der Waals surface area (Å²) >= 11 is 0. The van der Waals surface area contributed by atoms with Gasteiger partial charge >= 0.3 is 5.97 Å². The fraction of sp³-hybridized carbons (Fsp3) is 0.727. The number of rotatable bonds is 7. The van der Waals surface area contributed by atoms with E-state index >= 15 is 0 Å². The van der Waals surface area contributed by atoms with Crippen molar-refractivity contribution in [3.8, 4) is 0 Å². The van der Waals surface area contributed by atoms with Crippen molar-refractivity contribution in [3.05, 3.63) is 11.7 Å². The lowest BCUT2D eigenvalue weighted by Gasteiger charge is -2.09. The third-order valence-corrected chi connectivity index (χ3v) is 2.20. The van der Waals surface area contributed by atoms with E-state index in [-0.39, 0.29) is 12.6 Å². The quantitative estimate of drug-likeness (QED) is 0.677. The number of hydrogen-bond donors (Lipinski definition) is 0. The molecular formula is C11H18N2O4. The van der Waals surface area contributed by atoms with Gasteiger partial charge in [-0.2, -0.15) is 4.98 Å². The van der Waals surface area contributed by atoms with Gasteiger partial charge in [-0.3, -0.25) is 4.79 Å². The first kappa shape index (κ1) is 13.6. The third kappa shape index (κ3) is 3.81. The van der Waals surface area contributed by atoms with Crippen molar-refractivity contribution in [3.63, 3.8) is 0 Å². The van der Waals surface area contributed by atoms with Gasteiger partial charge in [-0.25, -0.2) is 0 Å². The Kier molecular flexibility index (Phi) is 5.62. The van der Waals surface area contributed by atoms with Gasteiger partial charge in [0.2, 0.25) is 5.89 Å². The summed E-state index contributed by atoms with van der Waals surface area (Å²) in [4.78, 5) is 15.8. The van der Waals surface area contributed by atoms with Gasteiger partial charge in [-0.05, 0) is 13.3 Å². The average molecular weight is 242 g/mol. The zero-order valence-corrected chi connectivity index (χ0v) is 10.4. The molecule has 0 saturated carbocycles. The highest BCUT2D eigenvalue weighted by Gasteiger charge is 2.27. The van der Waals surface area contributed by atoms with Crippen LogP contribution in [0.5, 0.6) is 0 Å². The normalized spacial score (nSPS) is 12.4. The van der Waals surface area contributed by atoms with Gasteiger partial charge in [0.15, 0.2) is 5.82 Å². The molecule has 1 atom stereocenters. The second-order valence-electron chi connectivity index (χ2n) is 3.58. The van der Waals surface area contributed by atoms with E-state index in [4.69, 9.17) is 14.0 Å². The lowest BCUT2D eigenvalue weighted by molar-refractivity contribution is -0.145. The summed E-state index contributed by atoms with van der Waals surface area (Å²) < 4.78 is 14.9. The molecule has 0 aliphatic carbocycles. The van der Waals surface area contributed by atoms with Crippen LogP contribution in [-0.4, -0.2) is 29.8 Å². The molecule has 0 N–H and O–H groups in total. The molecule has 17 heavy (non-hydrogen) atoms. The number of carbonyl (C=O) groups is 1. The molecule has 1 aromatic heterocycles. The van der Waals surface area contributed by atoms with E-state index in [0.717, 1.165) is 6.42 Å². The molecule has 1 rings (SSSR count). The second kappa shape index (κ2) is 7.01. The van der Waals surface area contributed by atoms with Crippen LogP contribution in [-0.2, 0) is 20.9 Å². The van der Waals surface area contributed by atoms with Gasteiger partial charge in [0.1, 0.15) is 12.5 Å². The Balaban J connectivity index is 2.77. The van der Waals surface area contributed by atoms with Crippen molar-refractivity contribution in [2.75, 3.05) is 13.7 Å². The van der Waals surface area contributed by atoms with E-state index in [1.807, 2.05) is 6.92 Å². The Labute approximate surface area is 100 Å². The van der Waals surface area contributed by atoms with Crippen LogP contribution in [0.1, 0.15) is 44.3 Å². The monoisotopic (exact) mass is 242 g/mol. The van der Waals surface area contributed by atoms with Crippen LogP contribution in [0.25, 0.3) is 0 Å². The molecule has 0 aromatic carbocycles. The average Bonchev–Trinajstić information content (AvgIpc) is 2.75. The molecule has 0 spiro atoms. The topological polar surface area (TPSA) is 74.5 Å². The minimum atomic E-state index is -0.474. The number of nitrogens with zero attached hydrogens (tertiary/aromatic N) is 2. The molecule has 1 unspecified atom stereocenters. The highest BCUT2D eigenvalue weighted by Crippen LogP contribution is 2.21. The van der Waals surface area contributed by atoms with Crippen LogP contribution >= 0.6 is 0 Å². The zero-order valence-electron chi connectivity index (χ0n) is 10.4. The highest BCUT2D eigenvalue weighted by molar-refractivity contribution is 5.76. The summed E-state index contributed by atoms with van der Waals surface area (Å²) in [5.41, 5.74) is 0. The maximum atomic E-state index is 11.7. The van der Waals surface area contributed by atoms with Gasteiger partial charge in [0.25, 0.3) is 0 Å². The van der Waals surface area contributed by atoms with Crippen LogP contribution in [0, 0.1) is 0 Å². The number of hydrogen-bond acceptors (Lipinski definition) is 6. The Morgan fingerprint density at radius 2 is 2.24 bits per heavy atom. The van der Waals surface area contributed by atoms with E-state index < -0.39 is 5.92 Å². The van der Waals surface area contributed by atoms with Crippen molar-refractivity contribution in [1.29, 1.82) is 0 Å². The molecule has 0 aliphatic rings. The van der Waals surface area contributed by atoms with Gasteiger partial charge in [0.05, 0.1) is 6.61 Å². The van der Waals surface area contributed by atoms with Crippen molar-refractivity contribution >= 4 is 5.97 Å². The van der Waals surface area contributed by atoms with Crippen LogP contribution < -0.4 is 0 Å². The first-order valence-electron chi connectivity index (χ1n) is 5.70. The van der Waals surface area contributed by atoms with Gasteiger partial charge in [-0.15, -0.1) is 0 Å². The Morgan fingerprint density at radius 3 is 2.82 bits per heavy atom. The maximum absolute atomic E-state index is 11.7. The standard InChI is InChI=1S/C11H18N2O4/c1-4-6-8(11(14)16-5-2)10-12-9(7-15-3)13-17-10/h8H,4-7H2,1-3H3. The van der Waals surface area contributed by atoms with Crippen LogP contribution in [0.3, 0.4) is 0 Å². The second-order valence-corrected chi connectivity index (χ2v) is 3.58. The molecule has 6 nitrogen and oxygen atoms in total. The molecular weight excluding hydrogens is 224 g/mol. The largest absolute Gasteiger partial charge is 0.465 e. The highest BCUT2D eigenvalue weighted by atomic mass is 16.5. The number of carbonyl (C=O) groups excluding carboxylic acids is 1. The molecule has 0 fully saturated rings. The molecule has 0 saturated heterocycles. The molecule has 0 bridgehead atoms. The third-order valence-electron chi connectivity index (χ3n) is 2.20. The van der Waals surface area contributed by atoms with Crippen LogP contribution in [0.2, 0.25) is 0 Å². The number of esters is 1. The minimum Gasteiger partial charge on any atom is -0.465 e. The molecule has 6 heteroatoms. The molecule has 0 aliphatic heterocycles. The van der Waals surface area contributed by atoms with Crippen molar-refractivity contribution in [1.82, 2.24) is 10.1 Å². The maximum Gasteiger partial charge on any atom is 0.318 e. The van der Waals surface area contributed by atoms with Crippen LogP contribution in [0.4, 0.5) is 0 Å². The lowest BCUT2D eigenvalue weighted by Crippen LogP contribution is -2.16. The lowest BCUT2D eigenvalue weighted by atomic mass is 10.0. The summed E-state index contributed by atoms with van der Waals surface area (Å²) in [6, 6.07) is 0. The zero-order chi connectivity index (χ0) is 12.7. The fourth-order valence-corrected chi connectivity index (χ4v) is 1.47. The van der Waals surface area contributed by atoms with E-state index in [1.54, 1.807) is 14.0 Å².